The van der Waals surface area contributed by atoms with Gasteiger partial charge in [-0.2, -0.15) is 0 Å². The first-order valence-corrected chi connectivity index (χ1v) is 8.36. The molecule has 0 radical (unpaired) electrons. The van der Waals surface area contributed by atoms with Gasteiger partial charge in [0.05, 0.1) is 17.4 Å². The molecule has 7 nitrogen and oxygen atoms in total. The standard InChI is InChI=1S/C15H18N4.H3NO2S/c1-10(2)7-8-19-9-17-13-14(19)11-5-3-4-6-12(11)18-15(13)16;1-4(2)3/h3-6,9-10H,7-8H2,1-2H3,(H2,16,18);1H2,(H,2,3)/p-1. The molecule has 3 rings (SSSR count). The number of benzene rings is 1. The Kier molecular flexibility index (Phi) is 5.64. The van der Waals surface area contributed by atoms with E-state index in [1.165, 1.54) is 0 Å². The second-order valence-corrected chi connectivity index (χ2v) is 6.11. The molecule has 4 N–H and O–H groups in total. The lowest BCUT2D eigenvalue weighted by molar-refractivity contribution is 0.523. The van der Waals surface area contributed by atoms with Crippen LogP contribution in [0.5, 0.6) is 0 Å². The fraction of sp³-hybridized carbons (Fsp3) is 0.333. The van der Waals surface area contributed by atoms with E-state index in [0.717, 1.165) is 34.9 Å². The van der Waals surface area contributed by atoms with E-state index in [-0.39, 0.29) is 0 Å². The Labute approximate surface area is 137 Å². The van der Waals surface area contributed by atoms with Gasteiger partial charge < -0.3 is 14.9 Å². The molecule has 0 saturated heterocycles. The maximum absolute atomic E-state index is 8.78. The highest BCUT2D eigenvalue weighted by atomic mass is 32.2. The van der Waals surface area contributed by atoms with Crippen LogP contribution in [0.2, 0.25) is 0 Å². The summed E-state index contributed by atoms with van der Waals surface area (Å²) >= 11 is -2.36. The van der Waals surface area contributed by atoms with Crippen LogP contribution in [0.4, 0.5) is 5.82 Å². The number of nitrogens with zero attached hydrogens (tertiary/aromatic N) is 3. The minimum atomic E-state index is -2.36. The minimum absolute atomic E-state index is 0.511. The van der Waals surface area contributed by atoms with Crippen molar-refractivity contribution in [3.8, 4) is 0 Å². The number of anilines is 1. The number of hydrogen-bond donors (Lipinski definition) is 2. The van der Waals surface area contributed by atoms with E-state index in [1.807, 2.05) is 24.5 Å². The average molecular weight is 334 g/mol. The number of pyridine rings is 1. The summed E-state index contributed by atoms with van der Waals surface area (Å²) in [6.45, 7) is 5.42. The van der Waals surface area contributed by atoms with Crippen molar-refractivity contribution >= 4 is 39.0 Å². The Hall–Kier alpha value is -2.03. The lowest BCUT2D eigenvalue weighted by Gasteiger charge is -2.09. The van der Waals surface area contributed by atoms with Crippen molar-refractivity contribution in [3.63, 3.8) is 0 Å². The van der Waals surface area contributed by atoms with Crippen molar-refractivity contribution in [2.24, 2.45) is 11.1 Å². The van der Waals surface area contributed by atoms with Gasteiger partial charge in [-0.25, -0.2) is 9.97 Å². The molecule has 0 spiro atoms. The maximum Gasteiger partial charge on any atom is 0.152 e. The predicted molar refractivity (Wildman–Crippen MR) is 92.0 cm³/mol. The highest BCUT2D eigenvalue weighted by Gasteiger charge is 2.11. The third-order valence-electron chi connectivity index (χ3n) is 3.43. The highest BCUT2D eigenvalue weighted by molar-refractivity contribution is 7.76. The molecule has 0 bridgehead atoms. The van der Waals surface area contributed by atoms with Crippen molar-refractivity contribution in [1.29, 1.82) is 0 Å². The summed E-state index contributed by atoms with van der Waals surface area (Å²) < 4.78 is 19.7. The largest absolute Gasteiger partial charge is 0.760 e. The highest BCUT2D eigenvalue weighted by Crippen LogP contribution is 2.27. The van der Waals surface area contributed by atoms with E-state index < -0.39 is 11.3 Å². The summed E-state index contributed by atoms with van der Waals surface area (Å²) in [5.41, 5.74) is 8.84. The van der Waals surface area contributed by atoms with Crippen LogP contribution < -0.4 is 10.9 Å². The molecule has 0 aliphatic heterocycles. The molecule has 124 valence electrons. The Morgan fingerprint density at radius 1 is 1.35 bits per heavy atom. The molecule has 1 atom stereocenters. The van der Waals surface area contributed by atoms with Crippen LogP contribution >= 0.6 is 0 Å². The third kappa shape index (κ3) is 4.25. The zero-order chi connectivity index (χ0) is 17.0. The third-order valence-corrected chi connectivity index (χ3v) is 3.43. The molecule has 2 aromatic heterocycles. The smallest absolute Gasteiger partial charge is 0.152 e. The van der Waals surface area contributed by atoms with Gasteiger partial charge in [0.2, 0.25) is 0 Å². The molecule has 3 aromatic rings. The maximum atomic E-state index is 8.78. The molecule has 0 saturated carbocycles. The van der Waals surface area contributed by atoms with Crippen LogP contribution in [0.3, 0.4) is 0 Å². The first-order chi connectivity index (χ1) is 10.9. The zero-order valence-electron chi connectivity index (χ0n) is 13.1. The van der Waals surface area contributed by atoms with E-state index >= 15 is 0 Å². The van der Waals surface area contributed by atoms with Gasteiger partial charge in [0.25, 0.3) is 0 Å². The second kappa shape index (κ2) is 7.49. The van der Waals surface area contributed by atoms with Gasteiger partial charge in [-0.05, 0) is 18.4 Å². The number of aromatic nitrogens is 3. The van der Waals surface area contributed by atoms with Crippen molar-refractivity contribution in [2.45, 2.75) is 26.8 Å². The van der Waals surface area contributed by atoms with Gasteiger partial charge in [0, 0.05) is 23.2 Å². The lowest BCUT2D eigenvalue weighted by atomic mass is 10.1. The first kappa shape index (κ1) is 17.3. The van der Waals surface area contributed by atoms with Gasteiger partial charge in [0.15, 0.2) is 5.82 Å². The normalized spacial score (nSPS) is 12.4. The Morgan fingerprint density at radius 2 is 2.00 bits per heavy atom. The molecule has 23 heavy (non-hydrogen) atoms. The molecule has 0 amide bonds. The summed E-state index contributed by atoms with van der Waals surface area (Å²) in [5.74, 6) is 1.18. The van der Waals surface area contributed by atoms with Gasteiger partial charge in [-0.3, -0.25) is 9.35 Å². The van der Waals surface area contributed by atoms with Crippen molar-refractivity contribution in [3.05, 3.63) is 30.6 Å². The van der Waals surface area contributed by atoms with Gasteiger partial charge >= 0.3 is 0 Å². The molecule has 1 aromatic carbocycles. The van der Waals surface area contributed by atoms with Gasteiger partial charge in [0.1, 0.15) is 5.52 Å². The summed E-state index contributed by atoms with van der Waals surface area (Å²) in [5, 5.41) is 5.15. The van der Waals surface area contributed by atoms with E-state index in [1.54, 1.807) is 0 Å². The number of fused-ring (bicyclic) bond motifs is 3. The van der Waals surface area contributed by atoms with Crippen LogP contribution in [0.25, 0.3) is 21.9 Å². The number of aryl methyl sites for hydroxylation is 1. The average Bonchev–Trinajstić information content (AvgIpc) is 2.89. The monoisotopic (exact) mass is 334 g/mol. The molecule has 0 fully saturated rings. The van der Waals surface area contributed by atoms with Crippen LogP contribution in [-0.2, 0) is 17.8 Å². The zero-order valence-corrected chi connectivity index (χ0v) is 13.9. The molecule has 0 aliphatic rings. The van der Waals surface area contributed by atoms with Gasteiger partial charge in [-0.15, -0.1) is 0 Å². The van der Waals surface area contributed by atoms with E-state index in [0.29, 0.717) is 11.7 Å². The number of rotatable bonds is 3. The number of imidazole rings is 1. The fourth-order valence-electron chi connectivity index (χ4n) is 2.37. The Balaban J connectivity index is 0.000000433. The molecule has 1 unspecified atom stereocenters. The number of para-hydroxylation sites is 1. The SMILES string of the molecule is CC(C)CCn1cnc2c(N)nc3ccccc3c21.NS(=O)[O-]. The lowest BCUT2D eigenvalue weighted by Crippen LogP contribution is -2.01. The molecular formula is C15H20N5O2S-. The fourth-order valence-corrected chi connectivity index (χ4v) is 2.37. The Morgan fingerprint density at radius 3 is 2.65 bits per heavy atom. The van der Waals surface area contributed by atoms with Gasteiger partial charge in [-0.1, -0.05) is 32.0 Å². The van der Waals surface area contributed by atoms with Crippen LogP contribution in [-0.4, -0.2) is 23.3 Å². The second-order valence-electron chi connectivity index (χ2n) is 5.59. The number of nitrogen functional groups attached to an aromatic ring is 1. The summed E-state index contributed by atoms with van der Waals surface area (Å²) in [4.78, 5) is 8.84. The molecular weight excluding hydrogens is 314 g/mol. The van der Waals surface area contributed by atoms with E-state index in [9.17, 15) is 0 Å². The topological polar surface area (TPSA) is 123 Å². The van der Waals surface area contributed by atoms with Crippen molar-refractivity contribution < 1.29 is 8.76 Å². The summed E-state index contributed by atoms with van der Waals surface area (Å²) in [6, 6.07) is 8.08. The quantitative estimate of drug-likeness (QED) is 0.709. The first-order valence-electron chi connectivity index (χ1n) is 7.23. The van der Waals surface area contributed by atoms with Crippen molar-refractivity contribution in [2.75, 3.05) is 5.73 Å². The Bertz CT molecular complexity index is 827. The van der Waals surface area contributed by atoms with E-state index in [4.69, 9.17) is 14.5 Å². The van der Waals surface area contributed by atoms with Crippen molar-refractivity contribution in [1.82, 2.24) is 14.5 Å². The molecule has 0 aliphatic carbocycles. The summed E-state index contributed by atoms with van der Waals surface area (Å²) in [7, 11) is 0. The van der Waals surface area contributed by atoms with Crippen LogP contribution in [0.1, 0.15) is 20.3 Å². The van der Waals surface area contributed by atoms with Crippen LogP contribution in [0, 0.1) is 5.92 Å². The number of nitrogens with two attached hydrogens (primary N) is 2. The predicted octanol–water partition coefficient (Wildman–Crippen LogP) is 1.95. The molecule has 2 heterocycles. The van der Waals surface area contributed by atoms with E-state index in [2.05, 4.69) is 39.6 Å². The molecule has 8 heteroatoms. The minimum Gasteiger partial charge on any atom is -0.760 e. The van der Waals surface area contributed by atoms with Crippen LogP contribution in [0.15, 0.2) is 30.6 Å². The number of hydrogen-bond acceptors (Lipinski definition) is 5. The summed E-state index contributed by atoms with van der Waals surface area (Å²) in [6.07, 6.45) is 3.00.